The van der Waals surface area contributed by atoms with Crippen LogP contribution in [-0.2, 0) is 0 Å². The Morgan fingerprint density at radius 3 is 2.17 bits per heavy atom. The van der Waals surface area contributed by atoms with Gasteiger partial charge >= 0.3 is 0 Å². The molecule has 0 aromatic carbocycles. The summed E-state index contributed by atoms with van der Waals surface area (Å²) in [5.74, 6) is 0.789. The van der Waals surface area contributed by atoms with Gasteiger partial charge in [-0.3, -0.25) is 0 Å². The van der Waals surface area contributed by atoms with E-state index in [1.54, 1.807) is 0 Å². The molecule has 0 aliphatic heterocycles. The Morgan fingerprint density at radius 2 is 1.83 bits per heavy atom. The Kier molecular flexibility index (Phi) is 12.4. The van der Waals surface area contributed by atoms with E-state index in [9.17, 15) is 0 Å². The summed E-state index contributed by atoms with van der Waals surface area (Å²) in [6.07, 6.45) is 2.27. The van der Waals surface area contributed by atoms with Gasteiger partial charge in [0.15, 0.2) is 0 Å². The van der Waals surface area contributed by atoms with E-state index in [-0.39, 0.29) is 0 Å². The first-order chi connectivity index (χ1) is 5.66. The van der Waals surface area contributed by atoms with Crippen molar-refractivity contribution in [1.82, 2.24) is 5.32 Å². The van der Waals surface area contributed by atoms with E-state index in [1.807, 2.05) is 13.8 Å². The summed E-state index contributed by atoms with van der Waals surface area (Å²) in [4.78, 5) is 0. The van der Waals surface area contributed by atoms with Crippen molar-refractivity contribution in [3.8, 4) is 0 Å². The predicted octanol–water partition coefficient (Wildman–Crippen LogP) is 3.57. The lowest BCUT2D eigenvalue weighted by Gasteiger charge is -2.08. The molecule has 0 atom stereocenters. The molecule has 0 aromatic rings. The summed E-state index contributed by atoms with van der Waals surface area (Å²) in [6, 6.07) is 0. The van der Waals surface area contributed by atoms with Gasteiger partial charge in [-0.2, -0.15) is 0 Å². The molecule has 0 fully saturated rings. The number of hydrogen-bond acceptors (Lipinski definition) is 1. The van der Waals surface area contributed by atoms with E-state index < -0.39 is 0 Å². The van der Waals surface area contributed by atoms with Gasteiger partial charge < -0.3 is 5.32 Å². The maximum absolute atomic E-state index is 3.86. The molecule has 0 heterocycles. The van der Waals surface area contributed by atoms with E-state index in [1.165, 1.54) is 6.42 Å². The first-order valence-corrected chi connectivity index (χ1v) is 5.08. The minimum absolute atomic E-state index is 0.789. The molecule has 0 saturated carbocycles. The van der Waals surface area contributed by atoms with Crippen molar-refractivity contribution in [2.45, 2.75) is 47.5 Å². The van der Waals surface area contributed by atoms with Gasteiger partial charge in [0.25, 0.3) is 0 Å². The van der Waals surface area contributed by atoms with Crippen LogP contribution in [0, 0.1) is 5.92 Å². The highest BCUT2D eigenvalue weighted by molar-refractivity contribution is 4.88. The number of allylic oxidation sites excluding steroid dienone is 1. The Labute approximate surface area is 78.3 Å². The average Bonchev–Trinajstić information content (AvgIpc) is 2.07. The van der Waals surface area contributed by atoms with Gasteiger partial charge in [0.05, 0.1) is 0 Å². The summed E-state index contributed by atoms with van der Waals surface area (Å²) < 4.78 is 0. The third-order valence-corrected chi connectivity index (χ3v) is 1.52. The van der Waals surface area contributed by atoms with Crippen LogP contribution in [0.1, 0.15) is 47.5 Å². The second-order valence-electron chi connectivity index (χ2n) is 3.07. The maximum atomic E-state index is 3.86. The van der Waals surface area contributed by atoms with Crippen LogP contribution in [0.4, 0.5) is 0 Å². The van der Waals surface area contributed by atoms with Gasteiger partial charge in [0, 0.05) is 12.2 Å². The molecule has 0 amide bonds. The maximum Gasteiger partial charge on any atom is 0.0146 e. The minimum Gasteiger partial charge on any atom is -0.389 e. The van der Waals surface area contributed by atoms with E-state index in [0.717, 1.165) is 24.6 Å². The predicted molar refractivity (Wildman–Crippen MR) is 58.2 cm³/mol. The Bertz CT molecular complexity index is 95.2. The van der Waals surface area contributed by atoms with Crippen molar-refractivity contribution in [1.29, 1.82) is 0 Å². The summed E-state index contributed by atoms with van der Waals surface area (Å²) >= 11 is 0. The van der Waals surface area contributed by atoms with Crippen LogP contribution in [-0.4, -0.2) is 6.54 Å². The monoisotopic (exact) mass is 171 g/mol. The standard InChI is InChI=1S/C9H19N.C2H6/c1-5-9(4)10-7-6-8(2)3;1-2/h8,10H,4-7H2,1-3H3;1-2H3. The minimum atomic E-state index is 0.789. The molecule has 0 aromatic heterocycles. The number of hydrogen-bond donors (Lipinski definition) is 1. The zero-order chi connectivity index (χ0) is 9.98. The number of nitrogens with one attached hydrogen (secondary N) is 1. The smallest absolute Gasteiger partial charge is 0.0146 e. The van der Waals surface area contributed by atoms with Gasteiger partial charge in [-0.25, -0.2) is 0 Å². The molecule has 0 rings (SSSR count). The first-order valence-electron chi connectivity index (χ1n) is 5.08. The summed E-state index contributed by atoms with van der Waals surface area (Å²) in [5, 5.41) is 3.27. The third-order valence-electron chi connectivity index (χ3n) is 1.52. The molecule has 12 heavy (non-hydrogen) atoms. The van der Waals surface area contributed by atoms with Crippen LogP contribution in [0.25, 0.3) is 0 Å². The third kappa shape index (κ3) is 12.2. The summed E-state index contributed by atoms with van der Waals surface area (Å²) in [7, 11) is 0. The van der Waals surface area contributed by atoms with E-state index in [2.05, 4.69) is 32.7 Å². The topological polar surface area (TPSA) is 12.0 Å². The lowest BCUT2D eigenvalue weighted by atomic mass is 10.1. The van der Waals surface area contributed by atoms with Gasteiger partial charge in [-0.05, 0) is 18.8 Å². The molecular formula is C11H25N. The quantitative estimate of drug-likeness (QED) is 0.667. The van der Waals surface area contributed by atoms with Crippen molar-refractivity contribution < 1.29 is 0 Å². The molecule has 74 valence electrons. The fourth-order valence-corrected chi connectivity index (χ4v) is 0.663. The molecule has 0 spiro atoms. The highest BCUT2D eigenvalue weighted by Gasteiger charge is 1.92. The van der Waals surface area contributed by atoms with E-state index in [4.69, 9.17) is 0 Å². The molecule has 0 unspecified atom stereocenters. The highest BCUT2D eigenvalue weighted by Crippen LogP contribution is 1.98. The van der Waals surface area contributed by atoms with Crippen molar-refractivity contribution in [3.63, 3.8) is 0 Å². The van der Waals surface area contributed by atoms with Crippen molar-refractivity contribution in [3.05, 3.63) is 12.3 Å². The highest BCUT2D eigenvalue weighted by atomic mass is 14.9. The molecule has 0 aliphatic carbocycles. The normalized spacial score (nSPS) is 8.83. The molecule has 0 saturated heterocycles. The second-order valence-corrected chi connectivity index (χ2v) is 3.07. The molecule has 0 bridgehead atoms. The van der Waals surface area contributed by atoms with Crippen LogP contribution in [0.3, 0.4) is 0 Å². The lowest BCUT2D eigenvalue weighted by Crippen LogP contribution is -2.14. The summed E-state index contributed by atoms with van der Waals surface area (Å²) in [5.41, 5.74) is 1.15. The molecular weight excluding hydrogens is 146 g/mol. The zero-order valence-electron chi connectivity index (χ0n) is 9.41. The second kappa shape index (κ2) is 10.5. The van der Waals surface area contributed by atoms with Crippen LogP contribution in [0.5, 0.6) is 0 Å². The average molecular weight is 171 g/mol. The first kappa shape index (κ1) is 14.1. The van der Waals surface area contributed by atoms with Crippen LogP contribution < -0.4 is 5.32 Å². The fraction of sp³-hybridized carbons (Fsp3) is 0.818. The van der Waals surface area contributed by atoms with Gasteiger partial charge in [-0.15, -0.1) is 0 Å². The molecule has 1 nitrogen and oxygen atoms in total. The largest absolute Gasteiger partial charge is 0.389 e. The molecule has 1 N–H and O–H groups in total. The fourth-order valence-electron chi connectivity index (χ4n) is 0.663. The summed E-state index contributed by atoms with van der Waals surface area (Å²) in [6.45, 7) is 15.5. The molecule has 0 radical (unpaired) electrons. The van der Waals surface area contributed by atoms with E-state index >= 15 is 0 Å². The van der Waals surface area contributed by atoms with Crippen LogP contribution in [0.2, 0.25) is 0 Å². The van der Waals surface area contributed by atoms with Crippen LogP contribution >= 0.6 is 0 Å². The van der Waals surface area contributed by atoms with Crippen molar-refractivity contribution in [2.75, 3.05) is 6.54 Å². The SMILES string of the molecule is C=C(CC)NCCC(C)C.CC. The molecule has 0 aliphatic rings. The van der Waals surface area contributed by atoms with Crippen LogP contribution in [0.15, 0.2) is 12.3 Å². The Balaban J connectivity index is 0. The zero-order valence-corrected chi connectivity index (χ0v) is 9.41. The van der Waals surface area contributed by atoms with E-state index in [0.29, 0.717) is 0 Å². The van der Waals surface area contributed by atoms with Gasteiger partial charge in [0.2, 0.25) is 0 Å². The molecule has 1 heteroatoms. The van der Waals surface area contributed by atoms with Gasteiger partial charge in [-0.1, -0.05) is 41.2 Å². The van der Waals surface area contributed by atoms with Crippen molar-refractivity contribution in [2.24, 2.45) is 5.92 Å². The van der Waals surface area contributed by atoms with Crippen molar-refractivity contribution >= 4 is 0 Å². The number of rotatable bonds is 5. The Hall–Kier alpha value is -0.460. The lowest BCUT2D eigenvalue weighted by molar-refractivity contribution is 0.560. The Morgan fingerprint density at radius 1 is 1.33 bits per heavy atom. The van der Waals surface area contributed by atoms with Gasteiger partial charge in [0.1, 0.15) is 0 Å².